The zero-order chi connectivity index (χ0) is 10.8. The van der Waals surface area contributed by atoms with Crippen LogP contribution >= 0.6 is 15.9 Å². The molecule has 1 aliphatic rings. The summed E-state index contributed by atoms with van der Waals surface area (Å²) in [6.45, 7) is 4.16. The number of hydrogen-bond donors (Lipinski definition) is 1. The Hall–Kier alpha value is -0.810. The van der Waals surface area contributed by atoms with Gasteiger partial charge in [0.15, 0.2) is 0 Å². The molecular weight excluding hydrogens is 256 g/mol. The summed E-state index contributed by atoms with van der Waals surface area (Å²) in [5.41, 5.74) is 5.69. The van der Waals surface area contributed by atoms with E-state index in [0.29, 0.717) is 5.82 Å². The van der Waals surface area contributed by atoms with Crippen molar-refractivity contribution in [3.63, 3.8) is 0 Å². The normalized spacial score (nSPS) is 18.1. The van der Waals surface area contributed by atoms with Gasteiger partial charge in [0.25, 0.3) is 0 Å². The van der Waals surface area contributed by atoms with Gasteiger partial charge in [-0.15, -0.1) is 0 Å². The fraction of sp³-hybridized carbons (Fsp3) is 0.500. The quantitative estimate of drug-likeness (QED) is 0.833. The molecule has 5 heteroatoms. The summed E-state index contributed by atoms with van der Waals surface area (Å²) >= 11 is 3.51. The topological polar surface area (TPSA) is 45.4 Å². The predicted molar refractivity (Wildman–Crippen MR) is 66.1 cm³/mol. The van der Waals surface area contributed by atoms with Crippen LogP contribution in [-0.4, -0.2) is 43.1 Å². The van der Waals surface area contributed by atoms with Crippen LogP contribution < -0.4 is 10.6 Å². The maximum Gasteiger partial charge on any atom is 0.145 e. The van der Waals surface area contributed by atoms with Gasteiger partial charge < -0.3 is 15.5 Å². The molecule has 0 aliphatic carbocycles. The number of nitrogens with two attached hydrogens (primary N) is 1. The van der Waals surface area contributed by atoms with Crippen LogP contribution in [0.25, 0.3) is 0 Å². The van der Waals surface area contributed by atoms with E-state index >= 15 is 0 Å². The monoisotopic (exact) mass is 270 g/mol. The van der Waals surface area contributed by atoms with Gasteiger partial charge in [0.1, 0.15) is 11.6 Å². The minimum absolute atomic E-state index is 0.576. The Kier molecular flexibility index (Phi) is 3.11. The highest BCUT2D eigenvalue weighted by Gasteiger charge is 2.17. The molecule has 1 aliphatic heterocycles. The summed E-state index contributed by atoms with van der Waals surface area (Å²) in [6, 6.07) is 3.76. The fourth-order valence-corrected chi connectivity index (χ4v) is 2.16. The number of hydrogen-bond acceptors (Lipinski definition) is 4. The Morgan fingerprint density at radius 2 is 1.93 bits per heavy atom. The molecule has 0 spiro atoms. The summed E-state index contributed by atoms with van der Waals surface area (Å²) in [4.78, 5) is 8.94. The molecule has 0 saturated carbocycles. The number of likely N-dealkylation sites (N-methyl/N-ethyl adjacent to an activating group) is 1. The number of piperazine rings is 1. The predicted octanol–water partition coefficient (Wildman–Crippen LogP) is 1.18. The van der Waals surface area contributed by atoms with Crippen molar-refractivity contribution in [3.8, 4) is 0 Å². The average molecular weight is 271 g/mol. The Balaban J connectivity index is 2.18. The van der Waals surface area contributed by atoms with E-state index in [4.69, 9.17) is 5.73 Å². The summed E-state index contributed by atoms with van der Waals surface area (Å²) in [6.07, 6.45) is 0. The molecule has 2 rings (SSSR count). The Labute approximate surface area is 98.2 Å². The van der Waals surface area contributed by atoms with Crippen molar-refractivity contribution in [3.05, 3.63) is 16.6 Å². The van der Waals surface area contributed by atoms with E-state index in [0.717, 1.165) is 36.5 Å². The molecule has 0 bridgehead atoms. The van der Waals surface area contributed by atoms with E-state index in [2.05, 4.69) is 37.8 Å². The molecule has 1 saturated heterocycles. The molecule has 2 N–H and O–H groups in total. The molecular formula is C10H15BrN4. The lowest BCUT2D eigenvalue weighted by molar-refractivity contribution is 0.312. The molecule has 15 heavy (non-hydrogen) atoms. The van der Waals surface area contributed by atoms with Gasteiger partial charge >= 0.3 is 0 Å². The van der Waals surface area contributed by atoms with Crippen molar-refractivity contribution in [2.75, 3.05) is 43.9 Å². The highest BCUT2D eigenvalue weighted by molar-refractivity contribution is 9.10. The number of aromatic nitrogens is 1. The van der Waals surface area contributed by atoms with Gasteiger partial charge in [0.05, 0.1) is 4.47 Å². The lowest BCUT2D eigenvalue weighted by Gasteiger charge is -2.33. The molecule has 1 fully saturated rings. The zero-order valence-corrected chi connectivity index (χ0v) is 10.4. The van der Waals surface area contributed by atoms with Crippen LogP contribution in [0, 0.1) is 0 Å². The minimum atomic E-state index is 0.576. The Morgan fingerprint density at radius 3 is 2.60 bits per heavy atom. The van der Waals surface area contributed by atoms with Crippen LogP contribution in [0.5, 0.6) is 0 Å². The van der Waals surface area contributed by atoms with Crippen molar-refractivity contribution >= 4 is 27.6 Å². The first kappa shape index (κ1) is 10.7. The highest BCUT2D eigenvalue weighted by Crippen LogP contribution is 2.25. The first-order valence-corrected chi connectivity index (χ1v) is 5.81. The maximum absolute atomic E-state index is 5.69. The van der Waals surface area contributed by atoms with E-state index < -0.39 is 0 Å². The van der Waals surface area contributed by atoms with Gasteiger partial charge in [-0.05, 0) is 35.1 Å². The van der Waals surface area contributed by atoms with Crippen molar-refractivity contribution in [2.45, 2.75) is 0 Å². The Morgan fingerprint density at radius 1 is 1.27 bits per heavy atom. The van der Waals surface area contributed by atoms with Gasteiger partial charge in [-0.25, -0.2) is 4.98 Å². The van der Waals surface area contributed by atoms with E-state index in [1.165, 1.54) is 0 Å². The molecule has 1 aromatic rings. The van der Waals surface area contributed by atoms with E-state index in [9.17, 15) is 0 Å². The smallest absolute Gasteiger partial charge is 0.145 e. The molecule has 82 valence electrons. The summed E-state index contributed by atoms with van der Waals surface area (Å²) in [5, 5.41) is 0. The van der Waals surface area contributed by atoms with Crippen LogP contribution in [0.3, 0.4) is 0 Å². The standard InChI is InChI=1S/C10H15BrN4/c1-14-4-6-15(7-5-14)10-8(11)2-3-9(12)13-10/h2-3H,4-7H2,1H3,(H2,12,13). The number of halogens is 1. The summed E-state index contributed by atoms with van der Waals surface area (Å²) in [5.74, 6) is 1.54. The lowest BCUT2D eigenvalue weighted by Crippen LogP contribution is -2.45. The Bertz CT molecular complexity index is 347. The van der Waals surface area contributed by atoms with Crippen LogP contribution in [0.1, 0.15) is 0 Å². The van der Waals surface area contributed by atoms with Crippen molar-refractivity contribution in [2.24, 2.45) is 0 Å². The van der Waals surface area contributed by atoms with Gasteiger partial charge in [0, 0.05) is 26.2 Å². The second-order valence-electron chi connectivity index (χ2n) is 3.83. The van der Waals surface area contributed by atoms with Crippen LogP contribution in [0.15, 0.2) is 16.6 Å². The minimum Gasteiger partial charge on any atom is -0.384 e. The largest absolute Gasteiger partial charge is 0.384 e. The molecule has 0 aromatic carbocycles. The number of nitrogen functional groups attached to an aromatic ring is 1. The van der Waals surface area contributed by atoms with Crippen molar-refractivity contribution in [1.29, 1.82) is 0 Å². The third-order valence-electron chi connectivity index (χ3n) is 2.65. The SMILES string of the molecule is CN1CCN(c2nc(N)ccc2Br)CC1. The molecule has 0 atom stereocenters. The summed E-state index contributed by atoms with van der Waals surface area (Å²) < 4.78 is 1.02. The molecule has 0 unspecified atom stereocenters. The highest BCUT2D eigenvalue weighted by atomic mass is 79.9. The second kappa shape index (κ2) is 4.37. The van der Waals surface area contributed by atoms with Crippen molar-refractivity contribution < 1.29 is 0 Å². The first-order chi connectivity index (χ1) is 7.16. The third kappa shape index (κ3) is 2.41. The van der Waals surface area contributed by atoms with Crippen molar-refractivity contribution in [1.82, 2.24) is 9.88 Å². The number of pyridine rings is 1. The number of rotatable bonds is 1. The van der Waals surface area contributed by atoms with E-state index in [1.807, 2.05) is 12.1 Å². The lowest BCUT2D eigenvalue weighted by atomic mass is 10.3. The van der Waals surface area contributed by atoms with Crippen LogP contribution in [0.2, 0.25) is 0 Å². The first-order valence-electron chi connectivity index (χ1n) is 5.02. The average Bonchev–Trinajstić information content (AvgIpc) is 2.23. The van der Waals surface area contributed by atoms with Crippen LogP contribution in [0.4, 0.5) is 11.6 Å². The maximum atomic E-state index is 5.69. The molecule has 2 heterocycles. The molecule has 0 radical (unpaired) electrons. The molecule has 4 nitrogen and oxygen atoms in total. The van der Waals surface area contributed by atoms with Gasteiger partial charge in [-0.3, -0.25) is 0 Å². The number of anilines is 2. The van der Waals surface area contributed by atoms with Gasteiger partial charge in [0.2, 0.25) is 0 Å². The third-order valence-corrected chi connectivity index (χ3v) is 3.27. The fourth-order valence-electron chi connectivity index (χ4n) is 1.69. The number of nitrogens with zero attached hydrogens (tertiary/aromatic N) is 3. The van der Waals surface area contributed by atoms with E-state index in [1.54, 1.807) is 0 Å². The second-order valence-corrected chi connectivity index (χ2v) is 4.69. The van der Waals surface area contributed by atoms with E-state index in [-0.39, 0.29) is 0 Å². The van der Waals surface area contributed by atoms with Crippen LogP contribution in [-0.2, 0) is 0 Å². The zero-order valence-electron chi connectivity index (χ0n) is 8.78. The van der Waals surface area contributed by atoms with Gasteiger partial charge in [-0.1, -0.05) is 0 Å². The molecule has 0 amide bonds. The summed E-state index contributed by atoms with van der Waals surface area (Å²) in [7, 11) is 2.14. The van der Waals surface area contributed by atoms with Gasteiger partial charge in [-0.2, -0.15) is 0 Å². The molecule has 1 aromatic heterocycles.